The molecule has 0 aliphatic heterocycles. The molecule has 57 heavy (non-hydrogen) atoms. The van der Waals surface area contributed by atoms with Crippen molar-refractivity contribution in [2.75, 3.05) is 6.61 Å². The average Bonchev–Trinajstić information content (AvgIpc) is 3.86. The normalized spacial score (nSPS) is 18.6. The summed E-state index contributed by atoms with van der Waals surface area (Å²) in [5, 5.41) is 0. The molecule has 2 aliphatic rings. The second-order valence-corrected chi connectivity index (χ2v) is 18.2. The Labute approximate surface area is 337 Å². The minimum Gasteiger partial charge on any atom is -0.395 e. The summed E-state index contributed by atoms with van der Waals surface area (Å²) in [6.45, 7) is 19.1. The van der Waals surface area contributed by atoms with Gasteiger partial charge >= 0.3 is 15.6 Å². The highest BCUT2D eigenvalue weighted by Crippen LogP contribution is 2.61. The van der Waals surface area contributed by atoms with Gasteiger partial charge in [-0.2, -0.15) is 4.57 Å². The van der Waals surface area contributed by atoms with E-state index >= 15 is 0 Å². The van der Waals surface area contributed by atoms with Crippen LogP contribution in [-0.2, 0) is 24.6 Å². The molecule has 3 atom stereocenters. The molecule has 0 bridgehead atoms. The van der Waals surface area contributed by atoms with Gasteiger partial charge in [0.15, 0.2) is 0 Å². The van der Waals surface area contributed by atoms with Gasteiger partial charge in [0.25, 0.3) is 0 Å². The van der Waals surface area contributed by atoms with Crippen molar-refractivity contribution < 1.29 is 36.3 Å². The van der Waals surface area contributed by atoms with E-state index in [2.05, 4.69) is 12.7 Å². The summed E-state index contributed by atoms with van der Waals surface area (Å²) in [5.74, 6) is 2.38. The Morgan fingerprint density at radius 3 is 1.67 bits per heavy atom. The summed E-state index contributed by atoms with van der Waals surface area (Å²) in [4.78, 5) is 0. The molecule has 0 amide bonds. The van der Waals surface area contributed by atoms with E-state index in [9.17, 15) is 9.13 Å². The molecule has 6 rings (SSSR count). The van der Waals surface area contributed by atoms with Gasteiger partial charge in [-0.3, -0.25) is 4.52 Å². The van der Waals surface area contributed by atoms with E-state index in [1.807, 2.05) is 153 Å². The number of rotatable bonds is 17. The lowest BCUT2D eigenvalue weighted by Gasteiger charge is -2.24. The molecule has 1 fully saturated rings. The van der Waals surface area contributed by atoms with Crippen LogP contribution in [0.15, 0.2) is 139 Å². The van der Waals surface area contributed by atoms with Crippen molar-refractivity contribution in [2.45, 2.75) is 68.2 Å². The summed E-state index contributed by atoms with van der Waals surface area (Å²) in [6, 6.07) is 24.7. The third-order valence-electron chi connectivity index (χ3n) is 10.1. The quantitative estimate of drug-likeness (QED) is 0.0770. The van der Waals surface area contributed by atoms with E-state index in [0.717, 1.165) is 62.9 Å². The van der Waals surface area contributed by atoms with Gasteiger partial charge in [-0.1, -0.05) is 103 Å². The Morgan fingerprint density at radius 2 is 1.19 bits per heavy atom. The zero-order chi connectivity index (χ0) is 41.0. The molecule has 0 aromatic heterocycles. The van der Waals surface area contributed by atoms with E-state index in [0.29, 0.717) is 28.8 Å². The van der Waals surface area contributed by atoms with E-state index in [4.69, 9.17) is 27.1 Å². The Hall–Kier alpha value is -5.00. The fraction of sp³-hybridized carbons (Fsp3) is 0.277. The molecule has 1 saturated carbocycles. The predicted molar refractivity (Wildman–Crippen MR) is 228 cm³/mol. The first-order valence-corrected chi connectivity index (χ1v) is 22.0. The highest BCUT2D eigenvalue weighted by molar-refractivity contribution is 7.49. The summed E-state index contributed by atoms with van der Waals surface area (Å²) in [6.07, 6.45) is 13.3. The number of benzene rings is 4. The van der Waals surface area contributed by atoms with Gasteiger partial charge in [0, 0.05) is 0 Å². The molecule has 8 nitrogen and oxygen atoms in total. The molecule has 0 heterocycles. The van der Waals surface area contributed by atoms with Gasteiger partial charge in [0.1, 0.15) is 28.8 Å². The number of phosphoric acid groups is 2. The molecule has 2 aliphatic carbocycles. The first kappa shape index (κ1) is 41.6. The van der Waals surface area contributed by atoms with Crippen molar-refractivity contribution >= 4 is 15.6 Å². The number of hydrogen-bond acceptors (Lipinski definition) is 8. The monoisotopic (exact) mass is 806 g/mol. The predicted octanol–water partition coefficient (Wildman–Crippen LogP) is 13.5. The van der Waals surface area contributed by atoms with Gasteiger partial charge in [-0.15, -0.1) is 0 Å². The lowest BCUT2D eigenvalue weighted by Crippen LogP contribution is -2.11. The first-order valence-electron chi connectivity index (χ1n) is 19.1. The van der Waals surface area contributed by atoms with Gasteiger partial charge in [0.2, 0.25) is 0 Å². The Morgan fingerprint density at radius 1 is 0.702 bits per heavy atom. The molecule has 10 heteroatoms. The molecule has 298 valence electrons. The van der Waals surface area contributed by atoms with E-state index in [-0.39, 0.29) is 17.9 Å². The maximum atomic E-state index is 14.5. The zero-order valence-electron chi connectivity index (χ0n) is 34.0. The fourth-order valence-electron chi connectivity index (χ4n) is 6.80. The smallest absolute Gasteiger partial charge is 0.395 e. The van der Waals surface area contributed by atoms with Crippen LogP contribution in [0.1, 0.15) is 59.2 Å². The van der Waals surface area contributed by atoms with Crippen LogP contribution >= 0.6 is 15.6 Å². The Kier molecular flexibility index (Phi) is 12.6. The van der Waals surface area contributed by atoms with Crippen LogP contribution in [0.2, 0.25) is 0 Å². The number of phosphoric ester groups is 2. The van der Waals surface area contributed by atoms with Gasteiger partial charge in [0.05, 0.1) is 6.61 Å². The summed E-state index contributed by atoms with van der Waals surface area (Å²) < 4.78 is 65.2. The summed E-state index contributed by atoms with van der Waals surface area (Å²) in [7, 11) is -8.31. The number of fused-ring (bicyclic) bond motifs is 1. The molecule has 0 N–H and O–H groups in total. The lowest BCUT2D eigenvalue weighted by atomic mass is 9.91. The van der Waals surface area contributed by atoms with Crippen molar-refractivity contribution in [1.29, 1.82) is 0 Å². The molecular formula is C47H52O8P2. The molecule has 0 spiro atoms. The largest absolute Gasteiger partial charge is 0.647 e. The minimum atomic E-state index is -4.19. The highest BCUT2D eigenvalue weighted by Gasteiger charge is 2.53. The van der Waals surface area contributed by atoms with Crippen LogP contribution in [0.5, 0.6) is 23.0 Å². The SMILES string of the molecule is C=C(C)/C=C\C=C(\C)COP(=O)(Oc1ccc(CC23C=CC(OP(=O)(Oc4c(C)cccc4C)Oc4c(C)cccc4C)=CC2C3)cc1)Oc1c(C)cccc1C. The topological polar surface area (TPSA) is 89.5 Å². The number of aryl methyl sites for hydroxylation is 6. The zero-order valence-corrected chi connectivity index (χ0v) is 35.8. The van der Waals surface area contributed by atoms with Gasteiger partial charge in [-0.25, -0.2) is 4.57 Å². The van der Waals surface area contributed by atoms with Crippen molar-refractivity contribution in [3.8, 4) is 23.0 Å². The molecule has 4 aromatic carbocycles. The van der Waals surface area contributed by atoms with Crippen LogP contribution in [0.25, 0.3) is 0 Å². The minimum absolute atomic E-state index is 0.0427. The number of para-hydroxylation sites is 3. The Bertz CT molecular complexity index is 2250. The van der Waals surface area contributed by atoms with Gasteiger partial charge < -0.3 is 22.6 Å². The third kappa shape index (κ3) is 10.5. The molecule has 3 unspecified atom stereocenters. The average molecular weight is 807 g/mol. The maximum absolute atomic E-state index is 14.5. The van der Waals surface area contributed by atoms with Gasteiger partial charge in [-0.05, 0) is 148 Å². The van der Waals surface area contributed by atoms with Crippen molar-refractivity contribution in [3.63, 3.8) is 0 Å². The molecule has 4 aromatic rings. The second-order valence-electron chi connectivity index (χ2n) is 15.3. The number of hydrogen-bond donors (Lipinski definition) is 0. The second kappa shape index (κ2) is 17.2. The van der Waals surface area contributed by atoms with E-state index in [1.54, 1.807) is 12.1 Å². The van der Waals surface area contributed by atoms with Crippen molar-refractivity contribution in [1.82, 2.24) is 0 Å². The standard InChI is InChI=1S/C47H52O8P2/c1-32(2)14-10-15-33(3)31-50-56(48,53-44-34(4)16-11-17-35(44)5)51-42-24-22-40(23-25-42)29-47-27-26-43(28-41(47)30-47)52-57(49,54-45-36(6)18-12-19-37(45)7)55-46-38(8)20-13-21-39(46)9/h10-28,41H,1,29-31H2,2-9H3/b14-10-,33-15-. The van der Waals surface area contributed by atoms with Crippen LogP contribution in [-0.4, -0.2) is 6.61 Å². The maximum Gasteiger partial charge on any atom is 0.647 e. The van der Waals surface area contributed by atoms with Crippen LogP contribution < -0.4 is 18.1 Å². The Balaban J connectivity index is 1.15. The molecule has 0 saturated heterocycles. The fourth-order valence-corrected chi connectivity index (χ4v) is 9.71. The lowest BCUT2D eigenvalue weighted by molar-refractivity contribution is 0.224. The molecular weight excluding hydrogens is 754 g/mol. The van der Waals surface area contributed by atoms with Crippen LogP contribution in [0, 0.1) is 52.9 Å². The molecule has 0 radical (unpaired) electrons. The summed E-state index contributed by atoms with van der Waals surface area (Å²) in [5.41, 5.74) is 7.66. The van der Waals surface area contributed by atoms with E-state index < -0.39 is 15.6 Å². The van der Waals surface area contributed by atoms with Crippen LogP contribution in [0.4, 0.5) is 0 Å². The van der Waals surface area contributed by atoms with E-state index in [1.165, 1.54) is 0 Å². The third-order valence-corrected chi connectivity index (χ3v) is 12.6. The van der Waals surface area contributed by atoms with Crippen LogP contribution in [0.3, 0.4) is 0 Å². The van der Waals surface area contributed by atoms with Crippen molar-refractivity contribution in [2.24, 2.45) is 11.3 Å². The number of allylic oxidation sites excluding steroid dienone is 7. The summed E-state index contributed by atoms with van der Waals surface area (Å²) >= 11 is 0. The first-order chi connectivity index (χ1) is 27.1. The highest BCUT2D eigenvalue weighted by atomic mass is 31.2. The van der Waals surface area contributed by atoms with Crippen molar-refractivity contribution in [3.05, 3.63) is 178 Å².